The molecule has 0 amide bonds. The molecule has 0 spiro atoms. The molecule has 23 heavy (non-hydrogen) atoms. The van der Waals surface area contributed by atoms with Crippen molar-refractivity contribution in [2.75, 3.05) is 0 Å². The minimum absolute atomic E-state index is 0.202. The lowest BCUT2D eigenvalue weighted by Crippen LogP contribution is -2.15. The molecule has 0 bridgehead atoms. The van der Waals surface area contributed by atoms with Gasteiger partial charge >= 0.3 is 0 Å². The van der Waals surface area contributed by atoms with Crippen molar-refractivity contribution >= 4 is 5.78 Å². The number of carbonyl (C=O) groups is 1. The zero-order chi connectivity index (χ0) is 17.4. The molecule has 0 saturated heterocycles. The van der Waals surface area contributed by atoms with E-state index in [0.29, 0.717) is 5.78 Å². The van der Waals surface area contributed by atoms with E-state index in [9.17, 15) is 4.79 Å². The summed E-state index contributed by atoms with van der Waals surface area (Å²) in [5.41, 5.74) is 0.202. The highest BCUT2D eigenvalue weighted by Crippen LogP contribution is 2.25. The Morgan fingerprint density at radius 2 is 1.04 bits per heavy atom. The van der Waals surface area contributed by atoms with Crippen LogP contribution in [-0.2, 0) is 4.79 Å². The van der Waals surface area contributed by atoms with Crippen LogP contribution in [0.4, 0.5) is 0 Å². The molecule has 0 saturated carbocycles. The Bertz CT molecular complexity index is 267. The maximum Gasteiger partial charge on any atom is 0.133 e. The van der Waals surface area contributed by atoms with Crippen molar-refractivity contribution in [1.82, 2.24) is 0 Å². The fourth-order valence-corrected chi connectivity index (χ4v) is 3.09. The second-order valence-electron chi connectivity index (χ2n) is 8.23. The van der Waals surface area contributed by atoms with Gasteiger partial charge in [0.1, 0.15) is 5.78 Å². The molecule has 0 rings (SSSR count). The Morgan fingerprint density at radius 3 is 1.43 bits per heavy atom. The smallest absolute Gasteiger partial charge is 0.133 e. The average molecular weight is 325 g/mol. The molecule has 0 fully saturated rings. The number of rotatable bonds is 17. The summed E-state index contributed by atoms with van der Waals surface area (Å²) in [5.74, 6) is 0.472. The molecule has 0 aliphatic carbocycles. The molecule has 0 unspecified atom stereocenters. The van der Waals surface area contributed by atoms with Crippen LogP contribution in [0.5, 0.6) is 0 Å². The summed E-state index contributed by atoms with van der Waals surface area (Å²) in [6.07, 6.45) is 20.5. The molecule has 0 aromatic carbocycles. The van der Waals surface area contributed by atoms with Gasteiger partial charge in [-0.25, -0.2) is 0 Å². The van der Waals surface area contributed by atoms with Crippen LogP contribution in [0.15, 0.2) is 0 Å². The highest BCUT2D eigenvalue weighted by atomic mass is 16.1. The summed E-state index contributed by atoms with van der Waals surface area (Å²) in [5, 5.41) is 0. The van der Waals surface area contributed by atoms with Crippen LogP contribution in [0, 0.1) is 5.41 Å². The van der Waals surface area contributed by atoms with E-state index >= 15 is 0 Å². The first-order valence-corrected chi connectivity index (χ1v) is 10.5. The molecule has 1 nitrogen and oxygen atoms in total. The fourth-order valence-electron chi connectivity index (χ4n) is 3.09. The molecular formula is C22H44O. The topological polar surface area (TPSA) is 17.1 Å². The predicted molar refractivity (Wildman–Crippen MR) is 104 cm³/mol. The summed E-state index contributed by atoms with van der Waals surface area (Å²) in [6, 6.07) is 0. The SMILES string of the molecule is CCCCCCCCCCCCCCCC(=O)CC(C)(C)CC. The number of ketones is 1. The van der Waals surface area contributed by atoms with Gasteiger partial charge in [-0.3, -0.25) is 4.79 Å². The highest BCUT2D eigenvalue weighted by molar-refractivity contribution is 5.78. The number of carbonyl (C=O) groups excluding carboxylic acids is 1. The number of unbranched alkanes of at least 4 members (excludes halogenated alkanes) is 12. The third kappa shape index (κ3) is 16.3. The second-order valence-corrected chi connectivity index (χ2v) is 8.23. The van der Waals surface area contributed by atoms with Gasteiger partial charge in [0.15, 0.2) is 0 Å². The molecule has 0 heterocycles. The lowest BCUT2D eigenvalue weighted by atomic mass is 9.84. The minimum Gasteiger partial charge on any atom is -0.300 e. The van der Waals surface area contributed by atoms with E-state index in [1.165, 1.54) is 77.0 Å². The minimum atomic E-state index is 0.202. The Balaban J connectivity index is 3.23. The third-order valence-corrected chi connectivity index (χ3v) is 5.19. The standard InChI is InChI=1S/C22H44O/c1-5-7-8-9-10-11-12-13-14-15-16-17-18-19-21(23)20-22(3,4)6-2/h5-20H2,1-4H3. The van der Waals surface area contributed by atoms with Crippen molar-refractivity contribution < 1.29 is 4.79 Å². The van der Waals surface area contributed by atoms with Crippen LogP contribution in [-0.4, -0.2) is 5.78 Å². The maximum atomic E-state index is 11.9. The van der Waals surface area contributed by atoms with E-state index < -0.39 is 0 Å². The molecule has 0 aromatic rings. The van der Waals surface area contributed by atoms with Crippen molar-refractivity contribution in [3.05, 3.63) is 0 Å². The average Bonchev–Trinajstić information content (AvgIpc) is 2.51. The lowest BCUT2D eigenvalue weighted by molar-refractivity contribution is -0.121. The summed E-state index contributed by atoms with van der Waals surface area (Å²) < 4.78 is 0. The van der Waals surface area contributed by atoms with Crippen LogP contribution in [0.3, 0.4) is 0 Å². The molecular weight excluding hydrogens is 280 g/mol. The van der Waals surface area contributed by atoms with E-state index in [-0.39, 0.29) is 5.41 Å². The number of hydrogen-bond acceptors (Lipinski definition) is 1. The first kappa shape index (κ1) is 22.7. The van der Waals surface area contributed by atoms with E-state index in [2.05, 4.69) is 27.7 Å². The molecule has 138 valence electrons. The van der Waals surface area contributed by atoms with Crippen LogP contribution in [0.1, 0.15) is 130 Å². The van der Waals surface area contributed by atoms with Gasteiger partial charge in [-0.05, 0) is 11.8 Å². The van der Waals surface area contributed by atoms with Gasteiger partial charge in [-0.2, -0.15) is 0 Å². The Labute approximate surface area is 147 Å². The zero-order valence-corrected chi connectivity index (χ0v) is 16.7. The molecule has 1 heteroatoms. The van der Waals surface area contributed by atoms with Crippen molar-refractivity contribution in [2.24, 2.45) is 5.41 Å². The van der Waals surface area contributed by atoms with Gasteiger partial charge in [0, 0.05) is 12.8 Å². The largest absolute Gasteiger partial charge is 0.300 e. The van der Waals surface area contributed by atoms with Gasteiger partial charge in [0.05, 0.1) is 0 Å². The summed E-state index contributed by atoms with van der Waals surface area (Å²) in [6.45, 7) is 8.86. The predicted octanol–water partition coefficient (Wildman–Crippen LogP) is 7.86. The van der Waals surface area contributed by atoms with Gasteiger partial charge in [0.25, 0.3) is 0 Å². The highest BCUT2D eigenvalue weighted by Gasteiger charge is 2.18. The van der Waals surface area contributed by atoms with Crippen LogP contribution < -0.4 is 0 Å². The quantitative estimate of drug-likeness (QED) is 0.249. The van der Waals surface area contributed by atoms with Crippen LogP contribution in [0.2, 0.25) is 0 Å². The van der Waals surface area contributed by atoms with Gasteiger partial charge < -0.3 is 0 Å². The Kier molecular flexibility index (Phi) is 15.0. The van der Waals surface area contributed by atoms with Crippen molar-refractivity contribution in [3.8, 4) is 0 Å². The maximum absolute atomic E-state index is 11.9. The van der Waals surface area contributed by atoms with E-state index in [0.717, 1.165) is 25.7 Å². The molecule has 0 N–H and O–H groups in total. The van der Waals surface area contributed by atoms with Gasteiger partial charge in [-0.1, -0.05) is 111 Å². The number of Topliss-reactive ketones (excluding diaryl/α,β-unsaturated/α-hetero) is 1. The number of hydrogen-bond donors (Lipinski definition) is 0. The van der Waals surface area contributed by atoms with Crippen molar-refractivity contribution in [2.45, 2.75) is 130 Å². The van der Waals surface area contributed by atoms with E-state index in [1.807, 2.05) is 0 Å². The normalized spacial score (nSPS) is 11.8. The Morgan fingerprint density at radius 1 is 0.652 bits per heavy atom. The Hall–Kier alpha value is -0.330. The third-order valence-electron chi connectivity index (χ3n) is 5.19. The van der Waals surface area contributed by atoms with Gasteiger partial charge in [-0.15, -0.1) is 0 Å². The van der Waals surface area contributed by atoms with Crippen molar-refractivity contribution in [3.63, 3.8) is 0 Å². The molecule has 0 aromatic heterocycles. The monoisotopic (exact) mass is 324 g/mol. The summed E-state index contributed by atoms with van der Waals surface area (Å²) in [4.78, 5) is 11.9. The van der Waals surface area contributed by atoms with E-state index in [1.54, 1.807) is 0 Å². The fraction of sp³-hybridized carbons (Fsp3) is 0.955. The molecule has 0 aliphatic rings. The van der Waals surface area contributed by atoms with Crippen molar-refractivity contribution in [1.29, 1.82) is 0 Å². The zero-order valence-electron chi connectivity index (χ0n) is 16.7. The van der Waals surface area contributed by atoms with Gasteiger partial charge in [0.2, 0.25) is 0 Å². The summed E-state index contributed by atoms with van der Waals surface area (Å²) in [7, 11) is 0. The van der Waals surface area contributed by atoms with E-state index in [4.69, 9.17) is 0 Å². The second kappa shape index (κ2) is 15.2. The molecule has 0 radical (unpaired) electrons. The first-order chi connectivity index (χ1) is 11.0. The molecule has 0 aliphatic heterocycles. The summed E-state index contributed by atoms with van der Waals surface area (Å²) >= 11 is 0. The van der Waals surface area contributed by atoms with Crippen LogP contribution >= 0.6 is 0 Å². The first-order valence-electron chi connectivity index (χ1n) is 10.5. The molecule has 0 atom stereocenters. The van der Waals surface area contributed by atoms with Crippen LogP contribution in [0.25, 0.3) is 0 Å². The lowest BCUT2D eigenvalue weighted by Gasteiger charge is -2.21.